The smallest absolute Gasteiger partial charge is 0.0837 e. The highest BCUT2D eigenvalue weighted by Gasteiger charge is 2.27. The first-order valence-electron chi connectivity index (χ1n) is 6.90. The van der Waals surface area contributed by atoms with Crippen LogP contribution in [0.5, 0.6) is 0 Å². The second-order valence-corrected chi connectivity index (χ2v) is 13.1. The molecule has 0 aliphatic heterocycles. The van der Waals surface area contributed by atoms with Gasteiger partial charge in [-0.2, -0.15) is 0 Å². The molecule has 0 aromatic rings. The third kappa shape index (κ3) is 10.7. The summed E-state index contributed by atoms with van der Waals surface area (Å²) in [5.74, 6) is 0. The maximum atomic E-state index is 5.82. The molecule has 0 aromatic carbocycles. The summed E-state index contributed by atoms with van der Waals surface area (Å²) >= 11 is 17.5. The van der Waals surface area contributed by atoms with Gasteiger partial charge in [-0.1, -0.05) is 105 Å². The highest BCUT2D eigenvalue weighted by molar-refractivity contribution is 6.78. The van der Waals surface area contributed by atoms with Gasteiger partial charge in [-0.25, -0.2) is 0 Å². The van der Waals surface area contributed by atoms with E-state index in [1.165, 1.54) is 43.8 Å². The molecule has 0 N–H and O–H groups in total. The Hall–Kier alpha value is 1.09. The maximum absolute atomic E-state index is 5.82. The van der Waals surface area contributed by atoms with Crippen LogP contribution in [0.3, 0.4) is 0 Å². The zero-order valence-corrected chi connectivity index (χ0v) is 14.8. The minimum atomic E-state index is -1.07. The molecule has 0 unspecified atom stereocenters. The Balaban J connectivity index is 4.08. The number of halogens is 3. The lowest BCUT2D eigenvalue weighted by atomic mass is 10.4. The van der Waals surface area contributed by atoms with Crippen molar-refractivity contribution in [1.29, 1.82) is 0 Å². The van der Waals surface area contributed by atoms with Gasteiger partial charge < -0.3 is 0 Å². The predicted octanol–water partition coefficient (Wildman–Crippen LogP) is 6.82. The van der Waals surface area contributed by atoms with Gasteiger partial charge in [0.05, 0.1) is 8.07 Å². The first-order valence-corrected chi connectivity index (χ1v) is 11.2. The molecule has 0 spiro atoms. The minimum absolute atomic E-state index is 0.707. The number of unbranched alkanes of at least 4 members (excludes halogenated alkanes) is 2. The summed E-state index contributed by atoms with van der Waals surface area (Å²) in [6.07, 6.45) is 7.14. The first kappa shape index (κ1) is 18.1. The fourth-order valence-electron chi connectivity index (χ4n) is 2.30. The molecule has 0 saturated carbocycles. The number of alkyl halides is 3. The van der Waals surface area contributed by atoms with Crippen molar-refractivity contribution in [3.05, 3.63) is 0 Å². The second-order valence-electron chi connectivity index (χ2n) is 5.49. The van der Waals surface area contributed by atoms with Crippen molar-refractivity contribution in [1.82, 2.24) is 0 Å². The molecule has 0 rings (SSSR count). The maximum Gasteiger partial charge on any atom is 0.190 e. The molecule has 0 aliphatic carbocycles. The van der Waals surface area contributed by atoms with E-state index in [2.05, 4.69) is 20.4 Å². The van der Waals surface area contributed by atoms with Crippen LogP contribution in [0.25, 0.3) is 0 Å². The molecule has 0 nitrogen and oxygen atoms in total. The van der Waals surface area contributed by atoms with Gasteiger partial charge >= 0.3 is 0 Å². The molecule has 0 aromatic heterocycles. The van der Waals surface area contributed by atoms with Crippen LogP contribution < -0.4 is 0 Å². The highest BCUT2D eigenvalue weighted by Crippen LogP contribution is 2.35. The summed E-state index contributed by atoms with van der Waals surface area (Å²) in [5.41, 5.74) is 0. The van der Waals surface area contributed by atoms with E-state index in [9.17, 15) is 0 Å². The molecule has 104 valence electrons. The van der Waals surface area contributed by atoms with Gasteiger partial charge in [-0.05, 0) is 6.42 Å². The van der Waals surface area contributed by atoms with Crippen LogP contribution in [-0.4, -0.2) is 11.9 Å². The standard InChI is InChI=1S/C13H27Cl3Si/c1-4-6-10-17(3,11-7-5-2)12-8-9-13(14,15)16/h4-12H2,1-3H3. The molecule has 0 atom stereocenters. The van der Waals surface area contributed by atoms with Crippen LogP contribution in [-0.2, 0) is 0 Å². The molecule has 0 heterocycles. The third-order valence-electron chi connectivity index (χ3n) is 3.51. The van der Waals surface area contributed by atoms with Crippen LogP contribution in [0.2, 0.25) is 24.7 Å². The van der Waals surface area contributed by atoms with Gasteiger partial charge in [-0.15, -0.1) is 0 Å². The largest absolute Gasteiger partial charge is 0.190 e. The van der Waals surface area contributed by atoms with E-state index in [1.807, 2.05) is 0 Å². The lowest BCUT2D eigenvalue weighted by Gasteiger charge is -2.28. The van der Waals surface area contributed by atoms with Gasteiger partial charge in [-0.3, -0.25) is 0 Å². The lowest BCUT2D eigenvalue weighted by molar-refractivity contribution is 0.774. The van der Waals surface area contributed by atoms with Crippen LogP contribution >= 0.6 is 34.8 Å². The number of hydrogen-bond acceptors (Lipinski definition) is 0. The van der Waals surface area contributed by atoms with Gasteiger partial charge in [0.15, 0.2) is 3.79 Å². The van der Waals surface area contributed by atoms with Crippen molar-refractivity contribution in [2.75, 3.05) is 0 Å². The summed E-state index contributed by atoms with van der Waals surface area (Å²) in [4.78, 5) is 0. The normalized spacial score (nSPS) is 13.1. The summed E-state index contributed by atoms with van der Waals surface area (Å²) in [6.45, 7) is 7.09. The zero-order valence-electron chi connectivity index (χ0n) is 11.5. The van der Waals surface area contributed by atoms with Gasteiger partial charge in [0.2, 0.25) is 0 Å². The highest BCUT2D eigenvalue weighted by atomic mass is 35.6. The van der Waals surface area contributed by atoms with E-state index in [-0.39, 0.29) is 0 Å². The number of hydrogen-bond donors (Lipinski definition) is 0. The molecule has 0 saturated heterocycles. The second kappa shape index (κ2) is 9.06. The minimum Gasteiger partial charge on any atom is -0.0837 e. The summed E-state index contributed by atoms with van der Waals surface area (Å²) in [5, 5.41) is 0. The Morgan fingerprint density at radius 3 is 1.59 bits per heavy atom. The molecular weight excluding hydrogens is 291 g/mol. The Morgan fingerprint density at radius 1 is 0.824 bits per heavy atom. The van der Waals surface area contributed by atoms with E-state index in [4.69, 9.17) is 34.8 Å². The van der Waals surface area contributed by atoms with Crippen molar-refractivity contribution < 1.29 is 0 Å². The Kier molecular flexibility index (Phi) is 9.64. The van der Waals surface area contributed by atoms with Crippen LogP contribution in [0, 0.1) is 0 Å². The molecule has 0 amide bonds. The molecule has 0 aliphatic rings. The fourth-order valence-corrected chi connectivity index (χ4v) is 6.89. The lowest BCUT2D eigenvalue weighted by Crippen LogP contribution is -2.29. The van der Waals surface area contributed by atoms with Crippen molar-refractivity contribution in [2.24, 2.45) is 0 Å². The average Bonchev–Trinajstić information content (AvgIpc) is 2.22. The molecule has 0 fully saturated rings. The van der Waals surface area contributed by atoms with Crippen molar-refractivity contribution in [3.8, 4) is 0 Å². The van der Waals surface area contributed by atoms with Gasteiger partial charge in [0.25, 0.3) is 0 Å². The average molecular weight is 318 g/mol. The zero-order chi connectivity index (χ0) is 13.4. The summed E-state index contributed by atoms with van der Waals surface area (Å²) < 4.78 is -1.05. The van der Waals surface area contributed by atoms with Crippen LogP contribution in [0.1, 0.15) is 52.4 Å². The Bertz CT molecular complexity index is 182. The Labute approximate surface area is 123 Å². The summed E-state index contributed by atoms with van der Waals surface area (Å²) in [7, 11) is -1.07. The van der Waals surface area contributed by atoms with E-state index < -0.39 is 11.9 Å². The van der Waals surface area contributed by atoms with E-state index in [0.29, 0.717) is 6.42 Å². The van der Waals surface area contributed by atoms with Crippen LogP contribution in [0.4, 0.5) is 0 Å². The molecular formula is C13H27Cl3Si. The Morgan fingerprint density at radius 2 is 1.24 bits per heavy atom. The molecule has 17 heavy (non-hydrogen) atoms. The number of rotatable bonds is 9. The SMILES string of the molecule is CCCC[Si](C)(CCCC)CCCC(Cl)(Cl)Cl. The topological polar surface area (TPSA) is 0 Å². The van der Waals surface area contributed by atoms with E-state index >= 15 is 0 Å². The van der Waals surface area contributed by atoms with Gasteiger partial charge in [0.1, 0.15) is 0 Å². The van der Waals surface area contributed by atoms with Crippen molar-refractivity contribution >= 4 is 42.9 Å². The van der Waals surface area contributed by atoms with Crippen molar-refractivity contribution in [3.63, 3.8) is 0 Å². The molecule has 0 radical (unpaired) electrons. The van der Waals surface area contributed by atoms with E-state index in [1.54, 1.807) is 0 Å². The molecule has 4 heteroatoms. The quantitative estimate of drug-likeness (QED) is 0.323. The fraction of sp³-hybridized carbons (Fsp3) is 1.00. The van der Waals surface area contributed by atoms with Crippen molar-refractivity contribution in [2.45, 2.75) is 80.8 Å². The predicted molar refractivity (Wildman–Crippen MR) is 85.4 cm³/mol. The summed E-state index contributed by atoms with van der Waals surface area (Å²) in [6, 6.07) is 4.22. The first-order chi connectivity index (χ1) is 7.83. The van der Waals surface area contributed by atoms with E-state index in [0.717, 1.165) is 6.42 Å². The monoisotopic (exact) mass is 316 g/mol. The van der Waals surface area contributed by atoms with Crippen LogP contribution in [0.15, 0.2) is 0 Å². The van der Waals surface area contributed by atoms with Gasteiger partial charge in [0, 0.05) is 0 Å². The third-order valence-corrected chi connectivity index (χ3v) is 8.76. The molecule has 0 bridgehead atoms.